The Balaban J connectivity index is 1.42. The van der Waals surface area contributed by atoms with Crippen LogP contribution in [-0.4, -0.2) is 58.5 Å². The van der Waals surface area contributed by atoms with Gasteiger partial charge in [0.25, 0.3) is 0 Å². The van der Waals surface area contributed by atoms with Crippen molar-refractivity contribution in [3.63, 3.8) is 0 Å². The zero-order valence-corrected chi connectivity index (χ0v) is 20.3. The summed E-state index contributed by atoms with van der Waals surface area (Å²) in [5, 5.41) is 22.7. The molecule has 1 aliphatic heterocycles. The number of nitrogens with zero attached hydrogens (tertiary/aromatic N) is 3. The lowest BCUT2D eigenvalue weighted by atomic mass is 9.86. The van der Waals surface area contributed by atoms with E-state index in [1.807, 2.05) is 54.6 Å². The Morgan fingerprint density at radius 1 is 1.00 bits per heavy atom. The van der Waals surface area contributed by atoms with Gasteiger partial charge >= 0.3 is 0 Å². The average molecular weight is 489 g/mol. The third kappa shape index (κ3) is 5.56. The van der Waals surface area contributed by atoms with Crippen molar-refractivity contribution in [3.05, 3.63) is 60.2 Å². The third-order valence-corrected chi connectivity index (χ3v) is 6.93. The molecule has 0 spiro atoms. The van der Waals surface area contributed by atoms with Gasteiger partial charge in [0.1, 0.15) is 5.82 Å². The summed E-state index contributed by atoms with van der Waals surface area (Å²) >= 11 is 0. The van der Waals surface area contributed by atoms with Gasteiger partial charge in [-0.15, -0.1) is 0 Å². The second-order valence-corrected chi connectivity index (χ2v) is 9.42. The Bertz CT molecular complexity index is 1190. The molecular formula is C28H32N4O4. The van der Waals surface area contributed by atoms with Crippen LogP contribution in [-0.2, 0) is 16.1 Å². The SMILES string of the molecule is O=C(Nc1ccc(-c2cc(N3CCOCC3)nc(-c3cccc(CO)c3)n2)cc1)C1CCCC[C@@H]1O. The second-order valence-electron chi connectivity index (χ2n) is 9.42. The summed E-state index contributed by atoms with van der Waals surface area (Å²) in [6.45, 7) is 2.77. The fraction of sp³-hybridized carbons (Fsp3) is 0.393. The van der Waals surface area contributed by atoms with Crippen molar-refractivity contribution in [1.29, 1.82) is 0 Å². The van der Waals surface area contributed by atoms with E-state index in [-0.39, 0.29) is 18.4 Å². The van der Waals surface area contributed by atoms with Gasteiger partial charge in [-0.2, -0.15) is 0 Å². The summed E-state index contributed by atoms with van der Waals surface area (Å²) in [5.74, 6) is 0.940. The van der Waals surface area contributed by atoms with Crippen LogP contribution >= 0.6 is 0 Å². The number of anilines is 2. The molecule has 2 aliphatic rings. The maximum Gasteiger partial charge on any atom is 0.230 e. The van der Waals surface area contributed by atoms with Crippen LogP contribution in [0.3, 0.4) is 0 Å². The Kier molecular flexibility index (Phi) is 7.55. The summed E-state index contributed by atoms with van der Waals surface area (Å²) in [6, 6.07) is 17.2. The van der Waals surface area contributed by atoms with E-state index >= 15 is 0 Å². The van der Waals surface area contributed by atoms with Crippen LogP contribution in [0.4, 0.5) is 11.5 Å². The van der Waals surface area contributed by atoms with Crippen molar-refractivity contribution < 1.29 is 19.7 Å². The quantitative estimate of drug-likeness (QED) is 0.486. The molecule has 2 aromatic carbocycles. The zero-order chi connectivity index (χ0) is 24.9. The lowest BCUT2D eigenvalue weighted by Gasteiger charge is -2.28. The van der Waals surface area contributed by atoms with Gasteiger partial charge in [0, 0.05) is 36.0 Å². The average Bonchev–Trinajstić information content (AvgIpc) is 2.94. The molecule has 1 amide bonds. The Morgan fingerprint density at radius 3 is 2.53 bits per heavy atom. The predicted octanol–water partition coefficient (Wildman–Crippen LogP) is 3.63. The van der Waals surface area contributed by atoms with Gasteiger partial charge in [-0.1, -0.05) is 43.2 Å². The molecule has 3 aromatic rings. The summed E-state index contributed by atoms with van der Waals surface area (Å²) in [6.07, 6.45) is 2.77. The molecule has 1 unspecified atom stereocenters. The first kappa shape index (κ1) is 24.4. The summed E-state index contributed by atoms with van der Waals surface area (Å²) < 4.78 is 5.51. The van der Waals surface area contributed by atoms with Crippen LogP contribution in [0, 0.1) is 5.92 Å². The number of carbonyl (C=O) groups is 1. The maximum atomic E-state index is 12.7. The first-order chi connectivity index (χ1) is 17.6. The molecule has 0 bridgehead atoms. The van der Waals surface area contributed by atoms with Gasteiger partial charge in [0.05, 0.1) is 37.5 Å². The molecule has 36 heavy (non-hydrogen) atoms. The van der Waals surface area contributed by atoms with Crippen molar-refractivity contribution in [1.82, 2.24) is 9.97 Å². The highest BCUT2D eigenvalue weighted by Gasteiger charge is 2.29. The minimum absolute atomic E-state index is 0.0467. The van der Waals surface area contributed by atoms with Crippen molar-refractivity contribution >= 4 is 17.4 Å². The number of aliphatic hydroxyl groups excluding tert-OH is 2. The number of nitrogens with one attached hydrogen (secondary N) is 1. The van der Waals surface area contributed by atoms with Gasteiger partial charge in [0.15, 0.2) is 5.82 Å². The molecule has 0 radical (unpaired) electrons. The van der Waals surface area contributed by atoms with E-state index in [4.69, 9.17) is 14.7 Å². The molecule has 8 heteroatoms. The van der Waals surface area contributed by atoms with Gasteiger partial charge < -0.3 is 25.2 Å². The maximum absolute atomic E-state index is 12.7. The lowest BCUT2D eigenvalue weighted by molar-refractivity contribution is -0.124. The van der Waals surface area contributed by atoms with Crippen LogP contribution in [0.5, 0.6) is 0 Å². The van der Waals surface area contributed by atoms with Gasteiger partial charge in [-0.25, -0.2) is 9.97 Å². The second kappa shape index (κ2) is 11.2. The molecule has 188 valence electrons. The lowest BCUT2D eigenvalue weighted by Crippen LogP contribution is -2.36. The number of hydrogen-bond acceptors (Lipinski definition) is 7. The number of morpholine rings is 1. The van der Waals surface area contributed by atoms with E-state index in [0.717, 1.165) is 60.6 Å². The zero-order valence-electron chi connectivity index (χ0n) is 20.3. The van der Waals surface area contributed by atoms with Crippen molar-refractivity contribution in [3.8, 4) is 22.6 Å². The topological polar surface area (TPSA) is 108 Å². The Labute approximate surface area is 211 Å². The number of benzene rings is 2. The smallest absolute Gasteiger partial charge is 0.230 e. The van der Waals surface area contributed by atoms with E-state index in [2.05, 4.69) is 10.2 Å². The number of aromatic nitrogens is 2. The fourth-order valence-corrected chi connectivity index (χ4v) is 4.85. The molecule has 3 N–H and O–H groups in total. The minimum atomic E-state index is -0.569. The first-order valence-electron chi connectivity index (χ1n) is 12.6. The van der Waals surface area contributed by atoms with Gasteiger partial charge in [-0.3, -0.25) is 4.79 Å². The van der Waals surface area contributed by atoms with Crippen LogP contribution in [0.15, 0.2) is 54.6 Å². The van der Waals surface area contributed by atoms with E-state index in [0.29, 0.717) is 31.1 Å². The highest BCUT2D eigenvalue weighted by atomic mass is 16.5. The largest absolute Gasteiger partial charge is 0.392 e. The number of carbonyl (C=O) groups excluding carboxylic acids is 1. The fourth-order valence-electron chi connectivity index (χ4n) is 4.85. The van der Waals surface area contributed by atoms with Crippen molar-refractivity contribution in [2.45, 2.75) is 38.4 Å². The third-order valence-electron chi connectivity index (χ3n) is 6.93. The van der Waals surface area contributed by atoms with Gasteiger partial charge in [0.2, 0.25) is 5.91 Å². The molecule has 1 saturated carbocycles. The molecule has 2 heterocycles. The normalized spacial score (nSPS) is 20.2. The Hall–Kier alpha value is -3.33. The van der Waals surface area contributed by atoms with E-state index < -0.39 is 6.10 Å². The van der Waals surface area contributed by atoms with Gasteiger partial charge in [-0.05, 0) is 36.6 Å². The van der Waals surface area contributed by atoms with E-state index in [1.165, 1.54) is 0 Å². The monoisotopic (exact) mass is 488 g/mol. The molecule has 5 rings (SSSR count). The standard InChI is InChI=1S/C28H32N4O4/c33-18-19-4-3-5-21(16-19)27-30-24(17-26(31-27)32-12-14-36-15-13-32)20-8-10-22(11-9-20)29-28(35)23-6-1-2-7-25(23)34/h3-5,8-11,16-17,23,25,33-34H,1-2,6-7,12-15,18H2,(H,29,35)/t23?,25-/m0/s1. The highest BCUT2D eigenvalue weighted by molar-refractivity contribution is 5.93. The molecule has 1 saturated heterocycles. The number of rotatable bonds is 6. The molecule has 1 aliphatic carbocycles. The Morgan fingerprint density at radius 2 is 1.78 bits per heavy atom. The molecule has 1 aromatic heterocycles. The van der Waals surface area contributed by atoms with Crippen LogP contribution < -0.4 is 10.2 Å². The van der Waals surface area contributed by atoms with Crippen molar-refractivity contribution in [2.75, 3.05) is 36.5 Å². The van der Waals surface area contributed by atoms with Crippen LogP contribution in [0.2, 0.25) is 0 Å². The summed E-state index contributed by atoms with van der Waals surface area (Å²) in [5.41, 5.74) is 4.02. The number of hydrogen-bond donors (Lipinski definition) is 3. The van der Waals surface area contributed by atoms with Crippen LogP contribution in [0.1, 0.15) is 31.2 Å². The van der Waals surface area contributed by atoms with Crippen molar-refractivity contribution in [2.24, 2.45) is 5.92 Å². The summed E-state index contributed by atoms with van der Waals surface area (Å²) in [4.78, 5) is 24.6. The summed E-state index contributed by atoms with van der Waals surface area (Å²) in [7, 11) is 0. The number of amides is 1. The minimum Gasteiger partial charge on any atom is -0.392 e. The van der Waals surface area contributed by atoms with E-state index in [9.17, 15) is 15.0 Å². The highest BCUT2D eigenvalue weighted by Crippen LogP contribution is 2.29. The van der Waals surface area contributed by atoms with E-state index in [1.54, 1.807) is 0 Å². The first-order valence-corrected chi connectivity index (χ1v) is 12.6. The predicted molar refractivity (Wildman–Crippen MR) is 138 cm³/mol. The molecule has 2 fully saturated rings. The molecular weight excluding hydrogens is 456 g/mol. The number of aliphatic hydroxyl groups is 2. The number of ether oxygens (including phenoxy) is 1. The molecule has 2 atom stereocenters. The molecule has 8 nitrogen and oxygen atoms in total. The van der Waals surface area contributed by atoms with Crippen LogP contribution in [0.25, 0.3) is 22.6 Å².